The monoisotopic (exact) mass is 548 g/mol. The molecular weight excluding hydrogens is 533 g/mol. The minimum Gasteiger partial charge on any atom is -0.461 e. The zero-order valence-electron chi connectivity index (χ0n) is 19.1. The standard InChI is InChI=1S/C23H15F3N4O7S/c1-2-36-22(33)18-16-11-38-20(27-19(31)12-3-5-14(6-4-12)30(34)35)17(16)21(32)29(28-18)13-7-9-15(10-8-13)37-23(24,25)26/h3-11H,2H2,1H3,(H,27,31). The number of halogens is 3. The van der Waals surface area contributed by atoms with Crippen LogP contribution in [0.3, 0.4) is 0 Å². The van der Waals surface area contributed by atoms with Gasteiger partial charge in [0, 0.05) is 28.5 Å². The van der Waals surface area contributed by atoms with Gasteiger partial charge in [-0.25, -0.2) is 4.79 Å². The number of nitrogens with zero attached hydrogens (tertiary/aromatic N) is 3. The Morgan fingerprint density at radius 3 is 2.37 bits per heavy atom. The molecule has 0 unspecified atom stereocenters. The van der Waals surface area contributed by atoms with Crippen molar-refractivity contribution >= 4 is 44.7 Å². The van der Waals surface area contributed by atoms with Crippen molar-refractivity contribution in [3.05, 3.63) is 85.6 Å². The maximum absolute atomic E-state index is 13.4. The minimum absolute atomic E-state index is 0.00150. The summed E-state index contributed by atoms with van der Waals surface area (Å²) < 4.78 is 47.2. The number of fused-ring (bicyclic) bond motifs is 1. The van der Waals surface area contributed by atoms with Crippen LogP contribution in [0.2, 0.25) is 0 Å². The zero-order chi connectivity index (χ0) is 27.6. The number of hydrogen-bond donors (Lipinski definition) is 1. The Kier molecular flexibility index (Phi) is 7.12. The lowest BCUT2D eigenvalue weighted by atomic mass is 10.2. The lowest BCUT2D eigenvalue weighted by Crippen LogP contribution is -2.25. The van der Waals surface area contributed by atoms with E-state index in [0.717, 1.165) is 52.4 Å². The number of non-ortho nitro benzene ring substituents is 1. The molecule has 1 N–H and O–H groups in total. The summed E-state index contributed by atoms with van der Waals surface area (Å²) in [5.74, 6) is -2.08. The fourth-order valence-corrected chi connectivity index (χ4v) is 4.30. The number of amides is 1. The molecule has 15 heteroatoms. The van der Waals surface area contributed by atoms with E-state index in [1.54, 1.807) is 6.92 Å². The first-order valence-corrected chi connectivity index (χ1v) is 11.5. The van der Waals surface area contributed by atoms with E-state index >= 15 is 0 Å². The topological polar surface area (TPSA) is 143 Å². The number of ether oxygens (including phenoxy) is 2. The molecule has 2 aromatic carbocycles. The predicted octanol–water partition coefficient (Wildman–Crippen LogP) is 4.68. The van der Waals surface area contributed by atoms with Crippen molar-refractivity contribution in [1.82, 2.24) is 9.78 Å². The molecule has 0 atom stereocenters. The fourth-order valence-electron chi connectivity index (χ4n) is 3.37. The summed E-state index contributed by atoms with van der Waals surface area (Å²) in [6.45, 7) is 1.56. The van der Waals surface area contributed by atoms with Gasteiger partial charge in [-0.3, -0.25) is 19.7 Å². The van der Waals surface area contributed by atoms with Crippen LogP contribution in [-0.2, 0) is 4.74 Å². The minimum atomic E-state index is -4.92. The highest BCUT2D eigenvalue weighted by molar-refractivity contribution is 7.16. The maximum atomic E-state index is 13.4. The number of carbonyl (C=O) groups excluding carboxylic acids is 2. The highest BCUT2D eigenvalue weighted by Gasteiger charge is 2.31. The molecule has 0 aliphatic carbocycles. The van der Waals surface area contributed by atoms with Crippen LogP contribution in [0, 0.1) is 10.1 Å². The van der Waals surface area contributed by atoms with Crippen molar-refractivity contribution < 1.29 is 37.2 Å². The smallest absolute Gasteiger partial charge is 0.461 e. The number of thiophene rings is 1. The van der Waals surface area contributed by atoms with E-state index in [0.29, 0.717) is 0 Å². The number of nitro benzene ring substituents is 1. The van der Waals surface area contributed by atoms with Gasteiger partial charge in [-0.1, -0.05) is 0 Å². The first-order chi connectivity index (χ1) is 18.0. The number of esters is 1. The largest absolute Gasteiger partial charge is 0.573 e. The highest BCUT2D eigenvalue weighted by atomic mass is 32.1. The van der Waals surface area contributed by atoms with Crippen molar-refractivity contribution in [3.8, 4) is 11.4 Å². The van der Waals surface area contributed by atoms with Crippen LogP contribution in [0.5, 0.6) is 5.75 Å². The van der Waals surface area contributed by atoms with Gasteiger partial charge in [0.1, 0.15) is 10.8 Å². The molecule has 4 rings (SSSR count). The summed E-state index contributed by atoms with van der Waals surface area (Å²) in [4.78, 5) is 49.0. The average molecular weight is 548 g/mol. The second-order valence-corrected chi connectivity index (χ2v) is 8.32. The van der Waals surface area contributed by atoms with E-state index in [-0.39, 0.29) is 45.0 Å². The molecule has 0 saturated carbocycles. The van der Waals surface area contributed by atoms with Gasteiger partial charge in [0.25, 0.3) is 17.2 Å². The molecule has 0 fully saturated rings. The predicted molar refractivity (Wildman–Crippen MR) is 129 cm³/mol. The Morgan fingerprint density at radius 2 is 1.79 bits per heavy atom. The number of aromatic nitrogens is 2. The molecule has 0 saturated heterocycles. The Morgan fingerprint density at radius 1 is 1.13 bits per heavy atom. The van der Waals surface area contributed by atoms with Gasteiger partial charge in [-0.05, 0) is 43.3 Å². The number of nitro groups is 1. The molecule has 0 aliphatic heterocycles. The van der Waals surface area contributed by atoms with Gasteiger partial charge in [0.15, 0.2) is 5.69 Å². The normalized spacial score (nSPS) is 11.3. The third-order valence-corrected chi connectivity index (χ3v) is 5.90. The van der Waals surface area contributed by atoms with Crippen LogP contribution in [0.15, 0.2) is 58.7 Å². The zero-order valence-corrected chi connectivity index (χ0v) is 20.0. The molecule has 2 heterocycles. The van der Waals surface area contributed by atoms with Gasteiger partial charge < -0.3 is 14.8 Å². The second kappa shape index (κ2) is 10.3. The van der Waals surface area contributed by atoms with Crippen LogP contribution in [-0.4, -0.2) is 39.5 Å². The number of alkyl halides is 3. The van der Waals surface area contributed by atoms with Gasteiger partial charge in [-0.2, -0.15) is 9.78 Å². The summed E-state index contributed by atoms with van der Waals surface area (Å²) >= 11 is 0.924. The Labute approximate surface area is 214 Å². The van der Waals surface area contributed by atoms with E-state index < -0.39 is 34.5 Å². The van der Waals surface area contributed by atoms with Crippen LogP contribution in [0.4, 0.5) is 23.9 Å². The van der Waals surface area contributed by atoms with Crippen LogP contribution < -0.4 is 15.6 Å². The van der Waals surface area contributed by atoms with Crippen molar-refractivity contribution in [2.24, 2.45) is 0 Å². The van der Waals surface area contributed by atoms with Crippen molar-refractivity contribution in [2.45, 2.75) is 13.3 Å². The third-order valence-electron chi connectivity index (χ3n) is 5.00. The number of anilines is 1. The molecule has 0 spiro atoms. The summed E-state index contributed by atoms with van der Waals surface area (Å²) in [6.07, 6.45) is -4.92. The first kappa shape index (κ1) is 26.3. The average Bonchev–Trinajstić information content (AvgIpc) is 3.28. The lowest BCUT2D eigenvalue weighted by Gasteiger charge is -2.12. The van der Waals surface area contributed by atoms with Gasteiger partial charge in [0.2, 0.25) is 0 Å². The Hall–Kier alpha value is -4.79. The molecule has 196 valence electrons. The highest BCUT2D eigenvalue weighted by Crippen LogP contribution is 2.31. The molecule has 4 aromatic rings. The third kappa shape index (κ3) is 5.46. The first-order valence-electron chi connectivity index (χ1n) is 10.6. The molecule has 0 aliphatic rings. The number of hydrogen-bond acceptors (Lipinski definition) is 9. The van der Waals surface area contributed by atoms with Crippen LogP contribution >= 0.6 is 11.3 Å². The van der Waals surface area contributed by atoms with E-state index in [1.165, 1.54) is 17.5 Å². The van der Waals surface area contributed by atoms with E-state index in [2.05, 4.69) is 15.2 Å². The van der Waals surface area contributed by atoms with Crippen molar-refractivity contribution in [1.29, 1.82) is 0 Å². The molecular formula is C23H15F3N4O7S. The van der Waals surface area contributed by atoms with Gasteiger partial charge in [0.05, 0.1) is 22.6 Å². The maximum Gasteiger partial charge on any atom is 0.573 e. The Balaban J connectivity index is 1.79. The molecule has 2 aromatic heterocycles. The van der Waals surface area contributed by atoms with Crippen molar-refractivity contribution in [3.63, 3.8) is 0 Å². The summed E-state index contributed by atoms with van der Waals surface area (Å²) in [7, 11) is 0. The van der Waals surface area contributed by atoms with E-state index in [4.69, 9.17) is 4.74 Å². The number of carbonyl (C=O) groups is 2. The SMILES string of the molecule is CCOC(=O)c1nn(-c2ccc(OC(F)(F)F)cc2)c(=O)c2c(NC(=O)c3ccc([N+](=O)[O-])cc3)scc12. The summed E-state index contributed by atoms with van der Waals surface area (Å²) in [5.41, 5.74) is -1.18. The van der Waals surface area contributed by atoms with E-state index in [1.807, 2.05) is 0 Å². The molecule has 0 bridgehead atoms. The van der Waals surface area contributed by atoms with Gasteiger partial charge in [-0.15, -0.1) is 24.5 Å². The molecule has 1 amide bonds. The number of benzene rings is 2. The lowest BCUT2D eigenvalue weighted by molar-refractivity contribution is -0.384. The van der Waals surface area contributed by atoms with Crippen molar-refractivity contribution in [2.75, 3.05) is 11.9 Å². The summed E-state index contributed by atoms with van der Waals surface area (Å²) in [6, 6.07) is 8.96. The number of nitrogens with one attached hydrogen (secondary N) is 1. The molecule has 38 heavy (non-hydrogen) atoms. The van der Waals surface area contributed by atoms with E-state index in [9.17, 15) is 37.7 Å². The van der Waals surface area contributed by atoms with Crippen LogP contribution in [0.1, 0.15) is 27.8 Å². The fraction of sp³-hybridized carbons (Fsp3) is 0.130. The Bertz CT molecular complexity index is 1600. The molecule has 0 radical (unpaired) electrons. The summed E-state index contributed by atoms with van der Waals surface area (Å²) in [5, 5.41) is 18.9. The second-order valence-electron chi connectivity index (χ2n) is 7.44. The van der Waals surface area contributed by atoms with Crippen LogP contribution in [0.25, 0.3) is 16.5 Å². The molecule has 11 nitrogen and oxygen atoms in total. The quantitative estimate of drug-likeness (QED) is 0.199. The van der Waals surface area contributed by atoms with Gasteiger partial charge >= 0.3 is 12.3 Å². The number of rotatable bonds is 7.